The summed E-state index contributed by atoms with van der Waals surface area (Å²) in [5.74, 6) is 0.209. The molecule has 0 bridgehead atoms. The minimum Gasteiger partial charge on any atom is -0.340 e. The lowest BCUT2D eigenvalue weighted by atomic mass is 9.97. The first-order chi connectivity index (χ1) is 12.7. The van der Waals surface area contributed by atoms with E-state index in [0.717, 1.165) is 37.6 Å². The summed E-state index contributed by atoms with van der Waals surface area (Å²) >= 11 is 1.45. The van der Waals surface area contributed by atoms with Crippen LogP contribution in [-0.4, -0.2) is 70.8 Å². The zero-order chi connectivity index (χ0) is 17.9. The van der Waals surface area contributed by atoms with E-state index in [-0.39, 0.29) is 17.7 Å². The molecule has 0 atom stereocenters. The smallest absolute Gasteiger partial charge is 0.263 e. The monoisotopic (exact) mass is 370 g/mol. The number of piperazine rings is 1. The number of rotatable bonds is 4. The standard InChI is InChI=1S/C19H22N4O2S/c24-18(16-13-23(14-16)19(25)17-2-1-11-26-17)22-9-7-21(8-10-22)12-15-3-5-20-6-4-15/h1-6,11,16H,7-10,12-14H2. The van der Waals surface area contributed by atoms with Gasteiger partial charge in [-0.05, 0) is 29.1 Å². The molecule has 26 heavy (non-hydrogen) atoms. The van der Waals surface area contributed by atoms with Crippen LogP contribution >= 0.6 is 11.3 Å². The third-order valence-electron chi connectivity index (χ3n) is 5.09. The van der Waals surface area contributed by atoms with E-state index in [9.17, 15) is 9.59 Å². The van der Waals surface area contributed by atoms with Crippen LogP contribution in [0.3, 0.4) is 0 Å². The lowest BCUT2D eigenvalue weighted by molar-refractivity contribution is -0.141. The molecule has 2 saturated heterocycles. The molecule has 0 unspecified atom stereocenters. The Morgan fingerprint density at radius 2 is 1.77 bits per heavy atom. The van der Waals surface area contributed by atoms with Crippen LogP contribution in [0.15, 0.2) is 42.0 Å². The molecule has 0 spiro atoms. The van der Waals surface area contributed by atoms with Crippen molar-refractivity contribution in [3.63, 3.8) is 0 Å². The van der Waals surface area contributed by atoms with Gasteiger partial charge < -0.3 is 9.80 Å². The van der Waals surface area contributed by atoms with Gasteiger partial charge in [0.2, 0.25) is 5.91 Å². The van der Waals surface area contributed by atoms with Crippen molar-refractivity contribution >= 4 is 23.2 Å². The van der Waals surface area contributed by atoms with Gasteiger partial charge >= 0.3 is 0 Å². The van der Waals surface area contributed by atoms with Crippen LogP contribution in [-0.2, 0) is 11.3 Å². The van der Waals surface area contributed by atoms with Crippen molar-refractivity contribution in [2.45, 2.75) is 6.54 Å². The van der Waals surface area contributed by atoms with E-state index in [0.29, 0.717) is 13.1 Å². The van der Waals surface area contributed by atoms with Crippen molar-refractivity contribution < 1.29 is 9.59 Å². The van der Waals surface area contributed by atoms with E-state index in [4.69, 9.17) is 0 Å². The molecule has 6 nitrogen and oxygen atoms in total. The number of hydrogen-bond donors (Lipinski definition) is 0. The van der Waals surface area contributed by atoms with E-state index in [1.54, 1.807) is 4.90 Å². The molecule has 2 aliphatic heterocycles. The van der Waals surface area contributed by atoms with Gasteiger partial charge in [0.15, 0.2) is 0 Å². The third-order valence-corrected chi connectivity index (χ3v) is 5.95. The number of hydrogen-bond acceptors (Lipinski definition) is 5. The van der Waals surface area contributed by atoms with Gasteiger partial charge in [-0.1, -0.05) is 6.07 Å². The van der Waals surface area contributed by atoms with Crippen molar-refractivity contribution in [2.24, 2.45) is 5.92 Å². The number of pyridine rings is 1. The summed E-state index contributed by atoms with van der Waals surface area (Å²) in [6, 6.07) is 7.78. The molecule has 0 N–H and O–H groups in total. The summed E-state index contributed by atoms with van der Waals surface area (Å²) < 4.78 is 0. The topological polar surface area (TPSA) is 56.8 Å². The van der Waals surface area contributed by atoms with Crippen molar-refractivity contribution in [1.82, 2.24) is 19.7 Å². The fourth-order valence-corrected chi connectivity index (χ4v) is 4.18. The average molecular weight is 370 g/mol. The Morgan fingerprint density at radius 3 is 2.42 bits per heavy atom. The molecule has 4 heterocycles. The Balaban J connectivity index is 1.23. The van der Waals surface area contributed by atoms with Crippen LogP contribution in [0.1, 0.15) is 15.2 Å². The summed E-state index contributed by atoms with van der Waals surface area (Å²) in [5.41, 5.74) is 1.25. The molecule has 0 radical (unpaired) electrons. The van der Waals surface area contributed by atoms with Gasteiger partial charge in [0, 0.05) is 58.2 Å². The molecule has 2 aromatic heterocycles. The molecule has 4 rings (SSSR count). The minimum atomic E-state index is -0.0364. The molecule has 2 aromatic rings. The molecule has 0 saturated carbocycles. The molecule has 136 valence electrons. The second kappa shape index (κ2) is 7.55. The van der Waals surface area contributed by atoms with Crippen LogP contribution in [0.2, 0.25) is 0 Å². The lowest BCUT2D eigenvalue weighted by Crippen LogP contribution is -2.58. The predicted octanol–water partition coefficient (Wildman–Crippen LogP) is 1.56. The van der Waals surface area contributed by atoms with Crippen molar-refractivity contribution in [3.8, 4) is 0 Å². The van der Waals surface area contributed by atoms with E-state index in [2.05, 4.69) is 9.88 Å². The second-order valence-electron chi connectivity index (χ2n) is 6.84. The Kier molecular flexibility index (Phi) is 4.99. The first-order valence-electron chi connectivity index (χ1n) is 8.93. The van der Waals surface area contributed by atoms with Crippen LogP contribution in [0, 0.1) is 5.92 Å². The Labute approximate surface area is 157 Å². The van der Waals surface area contributed by atoms with E-state index >= 15 is 0 Å². The van der Waals surface area contributed by atoms with Gasteiger partial charge in [-0.3, -0.25) is 19.5 Å². The normalized spacial score (nSPS) is 18.6. The van der Waals surface area contributed by atoms with Crippen molar-refractivity contribution in [3.05, 3.63) is 52.5 Å². The number of likely N-dealkylation sites (tertiary alicyclic amines) is 1. The SMILES string of the molecule is O=C(c1cccs1)N1CC(C(=O)N2CCN(Cc3ccncc3)CC2)C1. The fraction of sp³-hybridized carbons (Fsp3) is 0.421. The number of carbonyl (C=O) groups is 2. The molecule has 2 amide bonds. The first kappa shape index (κ1) is 17.2. The molecule has 2 aliphatic rings. The van der Waals surface area contributed by atoms with Gasteiger partial charge in [0.05, 0.1) is 10.8 Å². The van der Waals surface area contributed by atoms with Crippen LogP contribution in [0.25, 0.3) is 0 Å². The molecule has 7 heteroatoms. The summed E-state index contributed by atoms with van der Waals surface area (Å²) in [5, 5.41) is 1.90. The molecular weight excluding hydrogens is 348 g/mol. The third kappa shape index (κ3) is 3.64. The summed E-state index contributed by atoms with van der Waals surface area (Å²) in [6.07, 6.45) is 3.63. The molecule has 0 aromatic carbocycles. The van der Waals surface area contributed by atoms with Gasteiger partial charge in [0.1, 0.15) is 0 Å². The summed E-state index contributed by atoms with van der Waals surface area (Å²) in [4.78, 5) is 35.8. The Hall–Kier alpha value is -2.25. The minimum absolute atomic E-state index is 0.0364. The number of amides is 2. The van der Waals surface area contributed by atoms with Crippen molar-refractivity contribution in [1.29, 1.82) is 0 Å². The van der Waals surface area contributed by atoms with Gasteiger partial charge in [-0.15, -0.1) is 11.3 Å². The number of thiophene rings is 1. The summed E-state index contributed by atoms with van der Waals surface area (Å²) in [6.45, 7) is 5.30. The first-order valence-corrected chi connectivity index (χ1v) is 9.81. The summed E-state index contributed by atoms with van der Waals surface area (Å²) in [7, 11) is 0. The van der Waals surface area contributed by atoms with Crippen LogP contribution in [0.5, 0.6) is 0 Å². The van der Waals surface area contributed by atoms with E-state index in [1.165, 1.54) is 16.9 Å². The Bertz CT molecular complexity index is 751. The van der Waals surface area contributed by atoms with Crippen LogP contribution in [0.4, 0.5) is 0 Å². The number of nitrogens with zero attached hydrogens (tertiary/aromatic N) is 4. The average Bonchev–Trinajstić information content (AvgIpc) is 3.16. The highest BCUT2D eigenvalue weighted by Gasteiger charge is 2.39. The van der Waals surface area contributed by atoms with Gasteiger partial charge in [-0.2, -0.15) is 0 Å². The molecule has 2 fully saturated rings. The maximum Gasteiger partial charge on any atom is 0.263 e. The zero-order valence-corrected chi connectivity index (χ0v) is 15.4. The predicted molar refractivity (Wildman–Crippen MR) is 99.8 cm³/mol. The lowest BCUT2D eigenvalue weighted by Gasteiger charge is -2.42. The van der Waals surface area contributed by atoms with Gasteiger partial charge in [-0.25, -0.2) is 0 Å². The van der Waals surface area contributed by atoms with E-state index in [1.807, 2.05) is 46.9 Å². The number of carbonyl (C=O) groups excluding carboxylic acids is 2. The molecular formula is C19H22N4O2S. The maximum atomic E-state index is 12.7. The highest BCUT2D eigenvalue weighted by atomic mass is 32.1. The number of aromatic nitrogens is 1. The van der Waals surface area contributed by atoms with Crippen molar-refractivity contribution in [2.75, 3.05) is 39.3 Å². The Morgan fingerprint density at radius 1 is 1.04 bits per heavy atom. The van der Waals surface area contributed by atoms with E-state index < -0.39 is 0 Å². The fourth-order valence-electron chi connectivity index (χ4n) is 3.49. The van der Waals surface area contributed by atoms with Crippen LogP contribution < -0.4 is 0 Å². The largest absolute Gasteiger partial charge is 0.340 e. The maximum absolute atomic E-state index is 12.7. The quantitative estimate of drug-likeness (QED) is 0.820. The molecule has 0 aliphatic carbocycles. The van der Waals surface area contributed by atoms with Gasteiger partial charge in [0.25, 0.3) is 5.91 Å². The highest BCUT2D eigenvalue weighted by Crippen LogP contribution is 2.23. The highest BCUT2D eigenvalue weighted by molar-refractivity contribution is 7.12. The second-order valence-corrected chi connectivity index (χ2v) is 7.79. The zero-order valence-electron chi connectivity index (χ0n) is 14.6.